The van der Waals surface area contributed by atoms with Gasteiger partial charge in [-0.15, -0.1) is 0 Å². The maximum Gasteiger partial charge on any atom is 0.329 e. The van der Waals surface area contributed by atoms with Crippen LogP contribution < -0.4 is 4.72 Å². The lowest BCUT2D eigenvalue weighted by molar-refractivity contribution is -0.154. The predicted molar refractivity (Wildman–Crippen MR) is 91.2 cm³/mol. The van der Waals surface area contributed by atoms with E-state index in [-0.39, 0.29) is 29.2 Å². The van der Waals surface area contributed by atoms with E-state index in [2.05, 4.69) is 9.46 Å². The van der Waals surface area contributed by atoms with Crippen molar-refractivity contribution in [2.45, 2.75) is 31.9 Å². The second-order valence-corrected chi connectivity index (χ2v) is 7.81. The van der Waals surface area contributed by atoms with E-state index in [0.29, 0.717) is 5.56 Å². The zero-order chi connectivity index (χ0) is 19.0. The number of esters is 1. The lowest BCUT2D eigenvalue weighted by Crippen LogP contribution is -2.57. The summed E-state index contributed by atoms with van der Waals surface area (Å²) < 4.78 is 33.5. The van der Waals surface area contributed by atoms with Gasteiger partial charge in [0.1, 0.15) is 6.07 Å². The summed E-state index contributed by atoms with van der Waals surface area (Å²) in [5.41, 5.74) is -0.954. The molecule has 25 heavy (non-hydrogen) atoms. The molecule has 1 aromatic carbocycles. The maximum atomic E-state index is 12.8. The van der Waals surface area contributed by atoms with Crippen molar-refractivity contribution >= 4 is 33.5 Å². The van der Waals surface area contributed by atoms with Crippen molar-refractivity contribution in [1.29, 1.82) is 5.26 Å². The Morgan fingerprint density at radius 1 is 1.56 bits per heavy atom. The number of carbonyl (C=O) groups is 1. The Labute approximate surface area is 151 Å². The number of anilines is 1. The van der Waals surface area contributed by atoms with Crippen LogP contribution in [0.25, 0.3) is 0 Å². The minimum atomic E-state index is -4.19. The lowest BCUT2D eigenvalue weighted by Gasteiger charge is -2.33. The van der Waals surface area contributed by atoms with Crippen LogP contribution in [0.5, 0.6) is 0 Å². The monoisotopic (exact) mass is 387 g/mol. The number of ether oxygens (including phenoxy) is 1. The second-order valence-electron chi connectivity index (χ2n) is 5.83. The van der Waals surface area contributed by atoms with Gasteiger partial charge in [0.05, 0.1) is 29.5 Å². The Bertz CT molecular complexity index is 851. The van der Waals surface area contributed by atoms with E-state index < -0.39 is 27.8 Å². The molecule has 2 N–H and O–H groups in total. The van der Waals surface area contributed by atoms with E-state index in [4.69, 9.17) is 16.9 Å². The van der Waals surface area contributed by atoms with Crippen LogP contribution in [0.2, 0.25) is 5.02 Å². The average molecular weight is 388 g/mol. The van der Waals surface area contributed by atoms with Crippen molar-refractivity contribution in [2.24, 2.45) is 0 Å². The first-order chi connectivity index (χ1) is 11.6. The highest BCUT2D eigenvalue weighted by atomic mass is 35.5. The third kappa shape index (κ3) is 3.18. The van der Waals surface area contributed by atoms with Gasteiger partial charge < -0.3 is 9.84 Å². The molecule has 2 rings (SSSR count). The number of aliphatic hydroxyl groups is 1. The number of nitrogens with zero attached hydrogens (tertiary/aromatic N) is 2. The average Bonchev–Trinajstić information content (AvgIpc) is 2.88. The quantitative estimate of drug-likeness (QED) is 0.748. The molecule has 10 heteroatoms. The molecule has 0 aliphatic carbocycles. The van der Waals surface area contributed by atoms with Gasteiger partial charge in [-0.05, 0) is 38.0 Å². The second kappa shape index (κ2) is 6.80. The Morgan fingerprint density at radius 3 is 2.76 bits per heavy atom. The Balaban J connectivity index is 2.42. The number of rotatable bonds is 4. The fourth-order valence-corrected chi connectivity index (χ4v) is 4.67. The van der Waals surface area contributed by atoms with Crippen LogP contribution >= 0.6 is 11.6 Å². The summed E-state index contributed by atoms with van der Waals surface area (Å²) in [4.78, 5) is 12.1. The predicted octanol–water partition coefficient (Wildman–Crippen LogP) is 1.18. The van der Waals surface area contributed by atoms with Crippen LogP contribution in [-0.2, 0) is 19.7 Å². The number of methoxy groups -OCH3 is 1. The lowest BCUT2D eigenvalue weighted by atomic mass is 9.97. The largest absolute Gasteiger partial charge is 0.468 e. The summed E-state index contributed by atoms with van der Waals surface area (Å²) in [5.74, 6) is -0.850. The molecule has 136 valence electrons. The van der Waals surface area contributed by atoms with Crippen LogP contribution in [-0.4, -0.2) is 49.1 Å². The minimum absolute atomic E-state index is 0.0504. The molecule has 1 aromatic rings. The summed E-state index contributed by atoms with van der Waals surface area (Å²) in [6, 6.07) is 4.72. The van der Waals surface area contributed by atoms with Gasteiger partial charge in [-0.2, -0.15) is 18.0 Å². The Morgan fingerprint density at radius 2 is 2.20 bits per heavy atom. The number of benzene rings is 1. The summed E-state index contributed by atoms with van der Waals surface area (Å²) in [6.45, 7) is 2.83. The van der Waals surface area contributed by atoms with Crippen molar-refractivity contribution in [3.8, 4) is 6.07 Å². The summed E-state index contributed by atoms with van der Waals surface area (Å²) in [7, 11) is -3.06. The molecular formula is C15H18ClN3O5S. The molecule has 0 radical (unpaired) electrons. The van der Waals surface area contributed by atoms with Gasteiger partial charge in [-0.1, -0.05) is 11.6 Å². The van der Waals surface area contributed by atoms with Gasteiger partial charge >= 0.3 is 16.2 Å². The van der Waals surface area contributed by atoms with E-state index in [1.165, 1.54) is 19.1 Å². The summed E-state index contributed by atoms with van der Waals surface area (Å²) >= 11 is 6.05. The molecule has 0 bridgehead atoms. The number of hydrogen-bond donors (Lipinski definition) is 2. The van der Waals surface area contributed by atoms with Crippen molar-refractivity contribution in [3.63, 3.8) is 0 Å². The van der Waals surface area contributed by atoms with Crippen molar-refractivity contribution < 1.29 is 23.1 Å². The molecule has 1 aliphatic rings. The third-order valence-corrected chi connectivity index (χ3v) is 6.51. The highest BCUT2D eigenvalue weighted by Crippen LogP contribution is 2.35. The van der Waals surface area contributed by atoms with Gasteiger partial charge in [0, 0.05) is 6.54 Å². The number of halogens is 1. The molecule has 0 unspecified atom stereocenters. The number of nitrogens with one attached hydrogen (secondary N) is 1. The fourth-order valence-electron chi connectivity index (χ4n) is 2.81. The summed E-state index contributed by atoms with van der Waals surface area (Å²) in [5, 5.41) is 19.2. The zero-order valence-corrected chi connectivity index (χ0v) is 15.5. The molecule has 1 heterocycles. The standard InChI is InChI=1S/C15H18ClN3O5S/c1-9-11(5-4-10(8-17)13(9)16)18-25(22,23)19-7-6-12(20)15(19,2)14(21)24-3/h4-5,12,18,20H,6-7H2,1-3H3/t12-,15+/m1/s1. The number of nitriles is 1. The smallest absolute Gasteiger partial charge is 0.329 e. The molecule has 8 nitrogen and oxygen atoms in total. The molecule has 0 saturated carbocycles. The SMILES string of the molecule is COC(=O)[C@]1(C)[C@H](O)CCN1S(=O)(=O)Nc1ccc(C#N)c(Cl)c1C. The van der Waals surface area contributed by atoms with E-state index in [0.717, 1.165) is 11.4 Å². The zero-order valence-electron chi connectivity index (χ0n) is 13.9. The summed E-state index contributed by atoms with van der Waals surface area (Å²) in [6.07, 6.45) is -1.10. The van der Waals surface area contributed by atoms with Gasteiger partial charge in [0.25, 0.3) is 0 Å². The third-order valence-electron chi connectivity index (χ3n) is 4.41. The highest BCUT2D eigenvalue weighted by molar-refractivity contribution is 7.90. The first-order valence-corrected chi connectivity index (χ1v) is 9.17. The fraction of sp³-hybridized carbons (Fsp3) is 0.467. The van der Waals surface area contributed by atoms with Gasteiger partial charge in [-0.25, -0.2) is 4.79 Å². The first-order valence-electron chi connectivity index (χ1n) is 7.35. The molecule has 0 amide bonds. The van der Waals surface area contributed by atoms with Crippen LogP contribution in [0.15, 0.2) is 12.1 Å². The molecular weight excluding hydrogens is 370 g/mol. The van der Waals surface area contributed by atoms with Crippen LogP contribution in [0, 0.1) is 18.3 Å². The number of carbonyl (C=O) groups excluding carboxylic acids is 1. The Kier molecular flexibility index (Phi) is 5.30. The van der Waals surface area contributed by atoms with Crippen molar-refractivity contribution in [2.75, 3.05) is 18.4 Å². The normalized spacial score (nSPS) is 23.9. The van der Waals surface area contributed by atoms with Crippen LogP contribution in [0.3, 0.4) is 0 Å². The van der Waals surface area contributed by atoms with Gasteiger partial charge in [0.2, 0.25) is 0 Å². The number of hydrogen-bond acceptors (Lipinski definition) is 6. The van der Waals surface area contributed by atoms with E-state index >= 15 is 0 Å². The van der Waals surface area contributed by atoms with Crippen molar-refractivity contribution in [3.05, 3.63) is 28.3 Å². The van der Waals surface area contributed by atoms with Crippen molar-refractivity contribution in [1.82, 2.24) is 4.31 Å². The minimum Gasteiger partial charge on any atom is -0.468 e. The Hall–Kier alpha value is -1.86. The van der Waals surface area contributed by atoms with E-state index in [9.17, 15) is 18.3 Å². The molecule has 1 aliphatic heterocycles. The van der Waals surface area contributed by atoms with Crippen LogP contribution in [0.4, 0.5) is 5.69 Å². The molecule has 0 aromatic heterocycles. The highest BCUT2D eigenvalue weighted by Gasteiger charge is 2.56. The molecule has 1 fully saturated rings. The van der Waals surface area contributed by atoms with Crippen LogP contribution in [0.1, 0.15) is 24.5 Å². The molecule has 0 spiro atoms. The van der Waals surface area contributed by atoms with Gasteiger partial charge in [0.15, 0.2) is 5.54 Å². The van der Waals surface area contributed by atoms with E-state index in [1.807, 2.05) is 6.07 Å². The number of aliphatic hydroxyl groups excluding tert-OH is 1. The first kappa shape index (κ1) is 19.5. The topological polar surface area (TPSA) is 120 Å². The molecule has 1 saturated heterocycles. The molecule has 2 atom stereocenters. The van der Waals surface area contributed by atoms with Gasteiger partial charge in [-0.3, -0.25) is 4.72 Å². The van der Waals surface area contributed by atoms with E-state index in [1.54, 1.807) is 6.92 Å². The maximum absolute atomic E-state index is 12.8.